The molecule has 1 saturated heterocycles. The van der Waals surface area contributed by atoms with Crippen molar-refractivity contribution in [2.75, 3.05) is 26.7 Å². The predicted molar refractivity (Wildman–Crippen MR) is 129 cm³/mol. The number of nitrogens with zero attached hydrogens (tertiary/aromatic N) is 2. The van der Waals surface area contributed by atoms with Gasteiger partial charge in [0.25, 0.3) is 0 Å². The summed E-state index contributed by atoms with van der Waals surface area (Å²) in [5, 5.41) is 11.3. The lowest BCUT2D eigenvalue weighted by molar-refractivity contribution is -0.143. The lowest BCUT2D eigenvalue weighted by Crippen LogP contribution is -2.49. The number of halogens is 6. The van der Waals surface area contributed by atoms with Crippen molar-refractivity contribution < 1.29 is 45.8 Å². The molecular weight excluding hydrogens is 532 g/mol. The zero-order valence-electron chi connectivity index (χ0n) is 21.2. The molecule has 0 aliphatic carbocycles. The van der Waals surface area contributed by atoms with Crippen LogP contribution in [0.15, 0.2) is 48.5 Å². The number of ether oxygens (including phenoxy) is 1. The number of alkyl halides is 6. The van der Waals surface area contributed by atoms with Crippen molar-refractivity contribution in [1.82, 2.24) is 15.1 Å². The smallest absolute Gasteiger partial charge is 0.416 e. The molecule has 2 aromatic carbocycles. The van der Waals surface area contributed by atoms with Gasteiger partial charge in [0.15, 0.2) is 0 Å². The summed E-state index contributed by atoms with van der Waals surface area (Å²) in [6.07, 6.45) is -10.8. The van der Waals surface area contributed by atoms with E-state index in [-0.39, 0.29) is 44.2 Å². The van der Waals surface area contributed by atoms with Crippen LogP contribution in [0.5, 0.6) is 0 Å². The first-order valence-corrected chi connectivity index (χ1v) is 12.2. The van der Waals surface area contributed by atoms with Crippen LogP contribution in [-0.4, -0.2) is 59.9 Å². The van der Waals surface area contributed by atoms with Crippen molar-refractivity contribution in [2.45, 2.75) is 50.3 Å². The molecule has 3 amide bonds. The van der Waals surface area contributed by atoms with Crippen LogP contribution in [0.1, 0.15) is 54.1 Å². The predicted octanol–water partition coefficient (Wildman–Crippen LogP) is 5.76. The first-order valence-electron chi connectivity index (χ1n) is 12.2. The molecule has 1 aliphatic rings. The first-order chi connectivity index (χ1) is 18.2. The van der Waals surface area contributed by atoms with Gasteiger partial charge in [-0.05, 0) is 36.2 Å². The summed E-state index contributed by atoms with van der Waals surface area (Å²) in [4.78, 5) is 28.1. The number of urea groups is 1. The van der Waals surface area contributed by atoms with E-state index in [9.17, 15) is 35.9 Å². The number of aliphatic hydroxyl groups excluding tert-OH is 1. The minimum Gasteiger partial charge on any atom is -0.446 e. The van der Waals surface area contributed by atoms with Crippen LogP contribution >= 0.6 is 0 Å². The normalized spacial score (nSPS) is 18.8. The van der Waals surface area contributed by atoms with Gasteiger partial charge in [0.05, 0.1) is 29.8 Å². The summed E-state index contributed by atoms with van der Waals surface area (Å²) in [6, 6.07) is 7.78. The van der Waals surface area contributed by atoms with Gasteiger partial charge in [0, 0.05) is 33.0 Å². The zero-order valence-corrected chi connectivity index (χ0v) is 21.2. The van der Waals surface area contributed by atoms with Crippen molar-refractivity contribution in [3.8, 4) is 0 Å². The fourth-order valence-corrected chi connectivity index (χ4v) is 4.42. The van der Waals surface area contributed by atoms with Gasteiger partial charge in [0.2, 0.25) is 0 Å². The molecule has 2 aromatic rings. The third kappa shape index (κ3) is 7.55. The van der Waals surface area contributed by atoms with Gasteiger partial charge < -0.3 is 25.0 Å². The van der Waals surface area contributed by atoms with E-state index in [4.69, 9.17) is 9.84 Å². The van der Waals surface area contributed by atoms with Gasteiger partial charge in [-0.1, -0.05) is 30.3 Å². The minimum absolute atomic E-state index is 0.00650. The third-order valence-corrected chi connectivity index (χ3v) is 6.61. The van der Waals surface area contributed by atoms with Gasteiger partial charge >= 0.3 is 24.5 Å². The summed E-state index contributed by atoms with van der Waals surface area (Å²) in [7, 11) is 1.31. The van der Waals surface area contributed by atoms with Crippen LogP contribution in [0.4, 0.5) is 35.9 Å². The van der Waals surface area contributed by atoms with Crippen molar-refractivity contribution >= 4 is 12.1 Å². The molecule has 1 fully saturated rings. The fraction of sp³-hybridized carbons (Fsp3) is 0.462. The SMILES string of the molecule is C[C@@H](c1cc(C(F)(F)F)cc(C(F)(F)F)c1)N(C)C(=O)N1CC[C@@H](OC(=O)NCCO)C[C@@H]1c1ccccc1. The van der Waals surface area contributed by atoms with Crippen molar-refractivity contribution in [1.29, 1.82) is 0 Å². The summed E-state index contributed by atoms with van der Waals surface area (Å²) in [5.41, 5.74) is -2.52. The Morgan fingerprint density at radius 2 is 1.67 bits per heavy atom. The summed E-state index contributed by atoms with van der Waals surface area (Å²) in [6.45, 7) is 1.21. The molecule has 0 unspecified atom stereocenters. The topological polar surface area (TPSA) is 82.1 Å². The van der Waals surface area contributed by atoms with Gasteiger partial charge in [-0.2, -0.15) is 26.3 Å². The monoisotopic (exact) mass is 561 g/mol. The number of alkyl carbamates (subject to hydrolysis) is 1. The number of hydrogen-bond acceptors (Lipinski definition) is 4. The highest BCUT2D eigenvalue weighted by Crippen LogP contribution is 2.39. The molecule has 3 atom stereocenters. The maximum atomic E-state index is 13.6. The number of aliphatic hydroxyl groups is 1. The van der Waals surface area contributed by atoms with Gasteiger partial charge in [-0.3, -0.25) is 0 Å². The lowest BCUT2D eigenvalue weighted by Gasteiger charge is -2.42. The van der Waals surface area contributed by atoms with E-state index in [2.05, 4.69) is 5.32 Å². The van der Waals surface area contributed by atoms with Crippen molar-refractivity contribution in [3.05, 3.63) is 70.8 Å². The van der Waals surface area contributed by atoms with Crippen molar-refractivity contribution in [3.63, 3.8) is 0 Å². The van der Waals surface area contributed by atoms with E-state index >= 15 is 0 Å². The molecule has 7 nitrogen and oxygen atoms in total. The number of carbonyl (C=O) groups excluding carboxylic acids is 2. The second-order valence-corrected chi connectivity index (χ2v) is 9.23. The Morgan fingerprint density at radius 3 is 2.21 bits per heavy atom. The Kier molecular flexibility index (Phi) is 9.36. The van der Waals surface area contributed by atoms with E-state index in [1.54, 1.807) is 30.3 Å². The average Bonchev–Trinajstić information content (AvgIpc) is 2.90. The molecule has 214 valence electrons. The summed E-state index contributed by atoms with van der Waals surface area (Å²) in [5.74, 6) is 0. The van der Waals surface area contributed by atoms with E-state index < -0.39 is 53.8 Å². The minimum atomic E-state index is -5.01. The summed E-state index contributed by atoms with van der Waals surface area (Å²) >= 11 is 0. The molecule has 0 spiro atoms. The number of carbonyl (C=O) groups is 2. The van der Waals surface area contributed by atoms with Crippen LogP contribution in [0.2, 0.25) is 0 Å². The lowest BCUT2D eigenvalue weighted by atomic mass is 9.93. The number of piperidine rings is 1. The largest absolute Gasteiger partial charge is 0.446 e. The highest BCUT2D eigenvalue weighted by molar-refractivity contribution is 5.75. The average molecular weight is 562 g/mol. The maximum absolute atomic E-state index is 13.6. The molecule has 0 aromatic heterocycles. The molecule has 13 heteroatoms. The standard InChI is InChI=1S/C26H29F6N3O4/c1-16(18-12-19(25(27,28)29)14-20(13-18)26(30,31)32)34(2)24(38)35-10-8-21(39-23(37)33-9-11-36)15-22(35)17-6-4-3-5-7-17/h3-7,12-14,16,21-22,36H,8-11,15H2,1-2H3,(H,33,37)/t16-,21+,22+/m0/s1. The Balaban J connectivity index is 1.87. The van der Waals surface area contributed by atoms with E-state index in [1.165, 1.54) is 18.9 Å². The van der Waals surface area contributed by atoms with Gasteiger partial charge in [-0.15, -0.1) is 0 Å². The molecule has 0 radical (unpaired) electrons. The molecule has 1 aliphatic heterocycles. The second-order valence-electron chi connectivity index (χ2n) is 9.23. The maximum Gasteiger partial charge on any atom is 0.416 e. The molecule has 1 heterocycles. The van der Waals surface area contributed by atoms with E-state index in [1.807, 2.05) is 0 Å². The van der Waals surface area contributed by atoms with Crippen LogP contribution in [0, 0.1) is 0 Å². The van der Waals surface area contributed by atoms with Crippen LogP contribution in [-0.2, 0) is 17.1 Å². The Bertz CT molecular complexity index is 1110. The van der Waals surface area contributed by atoms with Gasteiger partial charge in [-0.25, -0.2) is 9.59 Å². The van der Waals surface area contributed by atoms with Crippen LogP contribution in [0.25, 0.3) is 0 Å². The van der Waals surface area contributed by atoms with Gasteiger partial charge in [0.1, 0.15) is 6.10 Å². The highest BCUT2D eigenvalue weighted by Gasteiger charge is 2.39. The number of likely N-dealkylation sites (tertiary alicyclic amines) is 1. The zero-order chi connectivity index (χ0) is 29.0. The summed E-state index contributed by atoms with van der Waals surface area (Å²) < 4.78 is 85.7. The van der Waals surface area contributed by atoms with E-state index in [0.29, 0.717) is 12.1 Å². The molecular formula is C26H29F6N3O4. The van der Waals surface area contributed by atoms with Crippen LogP contribution in [0.3, 0.4) is 0 Å². The third-order valence-electron chi connectivity index (χ3n) is 6.61. The number of benzene rings is 2. The number of hydrogen-bond donors (Lipinski definition) is 2. The Labute approximate surface area is 221 Å². The highest BCUT2D eigenvalue weighted by atomic mass is 19.4. The van der Waals surface area contributed by atoms with E-state index in [0.717, 1.165) is 10.5 Å². The molecule has 2 N–H and O–H groups in total. The molecule has 0 saturated carbocycles. The fourth-order valence-electron chi connectivity index (χ4n) is 4.42. The number of nitrogens with one attached hydrogen (secondary N) is 1. The Hall–Kier alpha value is -3.48. The second kappa shape index (κ2) is 12.1. The van der Waals surface area contributed by atoms with Crippen molar-refractivity contribution in [2.24, 2.45) is 0 Å². The quantitative estimate of drug-likeness (QED) is 0.440. The Morgan fingerprint density at radius 1 is 1.08 bits per heavy atom. The number of rotatable bonds is 6. The molecule has 0 bridgehead atoms. The number of amides is 3. The first kappa shape index (κ1) is 30.1. The molecule has 39 heavy (non-hydrogen) atoms. The molecule has 3 rings (SSSR count). The van der Waals surface area contributed by atoms with Crippen LogP contribution < -0.4 is 5.32 Å².